The van der Waals surface area contributed by atoms with Crippen LogP contribution in [-0.2, 0) is 0 Å². The first kappa shape index (κ1) is 14.4. The average molecular weight is 238 g/mol. The molecule has 1 saturated heterocycles. The fraction of sp³-hybridized carbons (Fsp3) is 0.923. The number of rotatable bonds is 5. The molecule has 0 aromatic carbocycles. The van der Waals surface area contributed by atoms with Crippen molar-refractivity contribution < 1.29 is 0 Å². The molecular formula is C13H26N4. The maximum Gasteiger partial charge on any atom is 0.104 e. The van der Waals surface area contributed by atoms with Crippen LogP contribution < -0.4 is 5.32 Å². The summed E-state index contributed by atoms with van der Waals surface area (Å²) >= 11 is 0. The van der Waals surface area contributed by atoms with Crippen molar-refractivity contribution in [2.45, 2.75) is 38.3 Å². The second-order valence-electron chi connectivity index (χ2n) is 5.29. The highest BCUT2D eigenvalue weighted by Gasteiger charge is 2.26. The molecule has 4 nitrogen and oxygen atoms in total. The van der Waals surface area contributed by atoms with Crippen LogP contribution in [0.15, 0.2) is 0 Å². The third-order valence-corrected chi connectivity index (χ3v) is 4.06. The lowest BCUT2D eigenvalue weighted by Crippen LogP contribution is -2.52. The Labute approximate surface area is 106 Å². The van der Waals surface area contributed by atoms with Gasteiger partial charge in [0.25, 0.3) is 0 Å². The number of nitrogens with one attached hydrogen (secondary N) is 1. The fourth-order valence-electron chi connectivity index (χ4n) is 2.27. The minimum Gasteiger partial charge on any atom is -0.303 e. The highest BCUT2D eigenvalue weighted by atomic mass is 15.3. The quantitative estimate of drug-likeness (QED) is 0.773. The minimum atomic E-state index is -0.384. The van der Waals surface area contributed by atoms with Crippen molar-refractivity contribution in [2.24, 2.45) is 0 Å². The third kappa shape index (κ3) is 3.95. The van der Waals surface area contributed by atoms with Crippen molar-refractivity contribution in [2.75, 3.05) is 40.3 Å². The first-order valence-electron chi connectivity index (χ1n) is 6.57. The Morgan fingerprint density at radius 2 is 2.18 bits per heavy atom. The van der Waals surface area contributed by atoms with Crippen LogP contribution in [0.2, 0.25) is 0 Å². The molecule has 1 fully saturated rings. The van der Waals surface area contributed by atoms with Crippen LogP contribution >= 0.6 is 0 Å². The fourth-order valence-corrected chi connectivity index (χ4v) is 2.27. The van der Waals surface area contributed by atoms with Gasteiger partial charge in [-0.15, -0.1) is 0 Å². The summed E-state index contributed by atoms with van der Waals surface area (Å²) in [6.07, 6.45) is 2.09. The summed E-state index contributed by atoms with van der Waals surface area (Å²) in [5.41, 5.74) is -0.384. The molecule has 0 spiro atoms. The smallest absolute Gasteiger partial charge is 0.104 e. The van der Waals surface area contributed by atoms with Crippen LogP contribution in [0.4, 0.5) is 0 Å². The molecule has 0 saturated carbocycles. The average Bonchev–Trinajstić information content (AvgIpc) is 2.37. The van der Waals surface area contributed by atoms with Gasteiger partial charge in [0, 0.05) is 32.2 Å². The standard InChI is InChI=1S/C13H26N4/c1-5-12-10-17(9-8-16(12)4)7-6-13(2,11-14)15-3/h12,15H,5-10H2,1-4H3. The van der Waals surface area contributed by atoms with Crippen molar-refractivity contribution in [3.8, 4) is 6.07 Å². The van der Waals surface area contributed by atoms with Crippen molar-refractivity contribution in [1.82, 2.24) is 15.1 Å². The number of hydrogen-bond acceptors (Lipinski definition) is 4. The summed E-state index contributed by atoms with van der Waals surface area (Å²) < 4.78 is 0. The topological polar surface area (TPSA) is 42.3 Å². The minimum absolute atomic E-state index is 0.384. The molecule has 0 aromatic rings. The van der Waals surface area contributed by atoms with Crippen LogP contribution in [-0.4, -0.2) is 61.7 Å². The van der Waals surface area contributed by atoms with Crippen LogP contribution in [0.1, 0.15) is 26.7 Å². The van der Waals surface area contributed by atoms with Gasteiger partial charge in [-0.2, -0.15) is 5.26 Å². The van der Waals surface area contributed by atoms with Crippen LogP contribution in [0.5, 0.6) is 0 Å². The van der Waals surface area contributed by atoms with Gasteiger partial charge in [0.15, 0.2) is 0 Å². The van der Waals surface area contributed by atoms with Gasteiger partial charge in [0.05, 0.1) is 6.07 Å². The normalized spacial score (nSPS) is 26.4. The lowest BCUT2D eigenvalue weighted by Gasteiger charge is -2.40. The molecular weight excluding hydrogens is 212 g/mol. The number of likely N-dealkylation sites (N-methyl/N-ethyl adjacent to an activating group) is 1. The van der Waals surface area contributed by atoms with E-state index in [0.29, 0.717) is 6.04 Å². The van der Waals surface area contributed by atoms with Gasteiger partial charge in [-0.25, -0.2) is 0 Å². The molecule has 1 N–H and O–H groups in total. The first-order valence-corrected chi connectivity index (χ1v) is 6.57. The molecule has 2 unspecified atom stereocenters. The molecule has 1 rings (SSSR count). The molecule has 0 bridgehead atoms. The van der Waals surface area contributed by atoms with Crippen LogP contribution in [0.3, 0.4) is 0 Å². The van der Waals surface area contributed by atoms with Crippen molar-refractivity contribution in [3.05, 3.63) is 0 Å². The zero-order valence-electron chi connectivity index (χ0n) is 11.7. The van der Waals surface area contributed by atoms with E-state index in [0.717, 1.165) is 32.6 Å². The van der Waals surface area contributed by atoms with Gasteiger partial charge in [0.1, 0.15) is 5.54 Å². The van der Waals surface area contributed by atoms with Gasteiger partial charge in [-0.1, -0.05) is 6.92 Å². The van der Waals surface area contributed by atoms with E-state index in [9.17, 15) is 0 Å². The molecule has 2 atom stereocenters. The highest BCUT2D eigenvalue weighted by Crippen LogP contribution is 2.14. The Morgan fingerprint density at radius 3 is 2.71 bits per heavy atom. The lowest BCUT2D eigenvalue weighted by atomic mass is 9.99. The molecule has 1 aliphatic heterocycles. The summed E-state index contributed by atoms with van der Waals surface area (Å²) in [6, 6.07) is 3.03. The van der Waals surface area contributed by atoms with Crippen molar-refractivity contribution in [3.63, 3.8) is 0 Å². The van der Waals surface area contributed by atoms with E-state index in [1.54, 1.807) is 0 Å². The molecule has 1 aliphatic rings. The maximum absolute atomic E-state index is 9.12. The van der Waals surface area contributed by atoms with Gasteiger partial charge >= 0.3 is 0 Å². The van der Waals surface area contributed by atoms with E-state index in [1.165, 1.54) is 6.42 Å². The van der Waals surface area contributed by atoms with Crippen molar-refractivity contribution in [1.29, 1.82) is 5.26 Å². The zero-order chi connectivity index (χ0) is 12.9. The Balaban J connectivity index is 2.41. The SMILES string of the molecule is CCC1CN(CCC(C)(C#N)NC)CCN1C. The highest BCUT2D eigenvalue weighted by molar-refractivity contribution is 5.03. The Hall–Kier alpha value is -0.630. The number of hydrogen-bond donors (Lipinski definition) is 1. The molecule has 0 radical (unpaired) electrons. The van der Waals surface area contributed by atoms with Gasteiger partial charge in [-0.3, -0.25) is 0 Å². The predicted molar refractivity (Wildman–Crippen MR) is 70.8 cm³/mol. The number of piperazine rings is 1. The molecule has 4 heteroatoms. The second kappa shape index (κ2) is 6.34. The molecule has 1 heterocycles. The van der Waals surface area contributed by atoms with Crippen LogP contribution in [0, 0.1) is 11.3 Å². The van der Waals surface area contributed by atoms with Crippen molar-refractivity contribution >= 4 is 0 Å². The van der Waals surface area contributed by atoms with E-state index < -0.39 is 0 Å². The van der Waals surface area contributed by atoms with Gasteiger partial charge in [-0.05, 0) is 33.9 Å². The van der Waals surface area contributed by atoms with E-state index in [1.807, 2.05) is 14.0 Å². The third-order valence-electron chi connectivity index (χ3n) is 4.06. The summed E-state index contributed by atoms with van der Waals surface area (Å²) in [4.78, 5) is 4.93. The van der Waals surface area contributed by atoms with Crippen LogP contribution in [0.25, 0.3) is 0 Å². The molecule has 0 amide bonds. The Bertz CT molecular complexity index is 273. The Morgan fingerprint density at radius 1 is 1.47 bits per heavy atom. The molecule has 17 heavy (non-hydrogen) atoms. The largest absolute Gasteiger partial charge is 0.303 e. The molecule has 0 aromatic heterocycles. The molecule has 98 valence electrons. The van der Waals surface area contributed by atoms with Gasteiger partial charge in [0.2, 0.25) is 0 Å². The summed E-state index contributed by atoms with van der Waals surface area (Å²) in [5.74, 6) is 0. The Kier molecular flexibility index (Phi) is 5.38. The van der Waals surface area contributed by atoms with E-state index in [4.69, 9.17) is 5.26 Å². The first-order chi connectivity index (χ1) is 8.04. The maximum atomic E-state index is 9.12. The van der Waals surface area contributed by atoms with Gasteiger partial charge < -0.3 is 15.1 Å². The van der Waals surface area contributed by atoms with E-state index >= 15 is 0 Å². The zero-order valence-corrected chi connectivity index (χ0v) is 11.7. The van der Waals surface area contributed by atoms with E-state index in [-0.39, 0.29) is 5.54 Å². The molecule has 0 aliphatic carbocycles. The lowest BCUT2D eigenvalue weighted by molar-refractivity contribution is 0.0887. The predicted octanol–water partition coefficient (Wildman–Crippen LogP) is 0.904. The number of nitriles is 1. The summed E-state index contributed by atoms with van der Waals surface area (Å²) in [7, 11) is 4.07. The monoisotopic (exact) mass is 238 g/mol. The van der Waals surface area contributed by atoms with E-state index in [2.05, 4.69) is 35.2 Å². The summed E-state index contributed by atoms with van der Waals surface area (Å²) in [5, 5.41) is 12.2. The summed E-state index contributed by atoms with van der Waals surface area (Å²) in [6.45, 7) is 8.63. The number of nitrogens with zero attached hydrogens (tertiary/aromatic N) is 3. The second-order valence-corrected chi connectivity index (χ2v) is 5.29.